The maximum Gasteiger partial charge on any atom is 0.160 e. The molecule has 3 heteroatoms. The Morgan fingerprint density at radius 2 is 2.22 bits per heavy atom. The van der Waals surface area contributed by atoms with Crippen molar-refractivity contribution in [2.75, 3.05) is 11.4 Å². The zero-order chi connectivity index (χ0) is 12.5. The minimum atomic E-state index is 0.796. The number of fused-ring (bicyclic) bond motifs is 1. The average Bonchev–Trinajstić information content (AvgIpc) is 2.86. The Balaban J connectivity index is 2.02. The first-order valence-corrected chi connectivity index (χ1v) is 7.06. The summed E-state index contributed by atoms with van der Waals surface area (Å²) in [5, 5.41) is 2.07. The Bertz CT molecular complexity index is 588. The van der Waals surface area contributed by atoms with Crippen molar-refractivity contribution in [1.29, 1.82) is 0 Å². The Morgan fingerprint density at radius 1 is 1.33 bits per heavy atom. The molecule has 0 fully saturated rings. The molecule has 1 aromatic heterocycles. The number of rotatable bonds is 2. The largest absolute Gasteiger partial charge is 0.341 e. The highest BCUT2D eigenvalue weighted by Gasteiger charge is 2.19. The van der Waals surface area contributed by atoms with E-state index in [0.29, 0.717) is 0 Å². The second kappa shape index (κ2) is 4.58. The van der Waals surface area contributed by atoms with Gasteiger partial charge in [0, 0.05) is 17.6 Å². The van der Waals surface area contributed by atoms with Crippen molar-refractivity contribution in [2.45, 2.75) is 19.8 Å². The summed E-state index contributed by atoms with van der Waals surface area (Å²) in [6.45, 7) is 3.17. The first kappa shape index (κ1) is 11.5. The molecule has 18 heavy (non-hydrogen) atoms. The number of carbonyl (C=O) groups is 1. The van der Waals surface area contributed by atoms with Gasteiger partial charge in [-0.2, -0.15) is 0 Å². The van der Waals surface area contributed by atoms with Gasteiger partial charge in [-0.25, -0.2) is 0 Å². The van der Waals surface area contributed by atoms with Gasteiger partial charge in [-0.1, -0.05) is 17.7 Å². The van der Waals surface area contributed by atoms with Crippen molar-refractivity contribution in [3.8, 4) is 0 Å². The summed E-state index contributed by atoms with van der Waals surface area (Å²) in [5.41, 5.74) is 5.17. The predicted molar refractivity (Wildman–Crippen MR) is 76.2 cm³/mol. The van der Waals surface area contributed by atoms with E-state index in [-0.39, 0.29) is 0 Å². The summed E-state index contributed by atoms with van der Waals surface area (Å²) >= 11 is 1.51. The number of aldehydes is 1. The van der Waals surface area contributed by atoms with Crippen LogP contribution in [0.15, 0.2) is 29.6 Å². The van der Waals surface area contributed by atoms with E-state index in [1.807, 2.05) is 6.07 Å². The van der Waals surface area contributed by atoms with Gasteiger partial charge in [0.1, 0.15) is 0 Å². The summed E-state index contributed by atoms with van der Waals surface area (Å²) in [7, 11) is 0. The van der Waals surface area contributed by atoms with Crippen LogP contribution >= 0.6 is 11.3 Å². The van der Waals surface area contributed by atoms with Gasteiger partial charge in [0.2, 0.25) is 0 Å². The fourth-order valence-electron chi connectivity index (χ4n) is 2.54. The molecule has 0 bridgehead atoms. The van der Waals surface area contributed by atoms with Crippen LogP contribution in [0.25, 0.3) is 0 Å². The van der Waals surface area contributed by atoms with Crippen LogP contribution < -0.4 is 4.90 Å². The van der Waals surface area contributed by atoms with Crippen LogP contribution in [0.5, 0.6) is 0 Å². The third-order valence-electron chi connectivity index (χ3n) is 3.39. The fourth-order valence-corrected chi connectivity index (χ4v) is 3.24. The van der Waals surface area contributed by atoms with E-state index in [1.165, 1.54) is 34.6 Å². The van der Waals surface area contributed by atoms with Crippen molar-refractivity contribution < 1.29 is 4.79 Å². The number of anilines is 2. The summed E-state index contributed by atoms with van der Waals surface area (Å²) in [5.74, 6) is 0. The van der Waals surface area contributed by atoms with Crippen molar-refractivity contribution in [3.63, 3.8) is 0 Å². The number of carbonyl (C=O) groups excluding carboxylic acids is 1. The summed E-state index contributed by atoms with van der Waals surface area (Å²) in [6.07, 6.45) is 3.25. The lowest BCUT2D eigenvalue weighted by molar-refractivity contribution is 0.112. The van der Waals surface area contributed by atoms with E-state index in [2.05, 4.69) is 35.4 Å². The van der Waals surface area contributed by atoms with Crippen molar-refractivity contribution in [3.05, 3.63) is 45.6 Å². The average molecular weight is 257 g/mol. The SMILES string of the molecule is Cc1ccc2c(c1)CCCN2c1csc(C=O)c1. The Hall–Kier alpha value is -1.61. The van der Waals surface area contributed by atoms with E-state index >= 15 is 0 Å². The van der Waals surface area contributed by atoms with Gasteiger partial charge in [0.05, 0.1) is 10.6 Å². The molecule has 2 nitrogen and oxygen atoms in total. The standard InChI is InChI=1S/C15H15NOS/c1-11-4-5-15-12(7-11)3-2-6-16(15)13-8-14(9-17)18-10-13/h4-5,7-10H,2-3,6H2,1H3. The van der Waals surface area contributed by atoms with E-state index in [4.69, 9.17) is 0 Å². The lowest BCUT2D eigenvalue weighted by atomic mass is 9.99. The van der Waals surface area contributed by atoms with Crippen LogP contribution in [0.3, 0.4) is 0 Å². The molecule has 0 radical (unpaired) electrons. The van der Waals surface area contributed by atoms with E-state index in [9.17, 15) is 4.79 Å². The smallest absolute Gasteiger partial charge is 0.160 e. The van der Waals surface area contributed by atoms with Crippen molar-refractivity contribution in [2.24, 2.45) is 0 Å². The first-order chi connectivity index (χ1) is 8.78. The monoisotopic (exact) mass is 257 g/mol. The first-order valence-electron chi connectivity index (χ1n) is 6.19. The van der Waals surface area contributed by atoms with Crippen LogP contribution in [0.2, 0.25) is 0 Å². The van der Waals surface area contributed by atoms with Gasteiger partial charge in [-0.15, -0.1) is 11.3 Å². The molecule has 0 saturated heterocycles. The highest BCUT2D eigenvalue weighted by atomic mass is 32.1. The maximum absolute atomic E-state index is 10.8. The quantitative estimate of drug-likeness (QED) is 0.759. The molecule has 0 spiro atoms. The maximum atomic E-state index is 10.8. The molecular weight excluding hydrogens is 242 g/mol. The number of benzene rings is 1. The fraction of sp³-hybridized carbons (Fsp3) is 0.267. The number of aryl methyl sites for hydroxylation is 2. The molecule has 2 aromatic rings. The van der Waals surface area contributed by atoms with Crippen LogP contribution in [-0.2, 0) is 6.42 Å². The molecular formula is C15H15NOS. The van der Waals surface area contributed by atoms with Gasteiger partial charge in [0.25, 0.3) is 0 Å². The topological polar surface area (TPSA) is 20.3 Å². The molecule has 1 aliphatic heterocycles. The molecule has 0 atom stereocenters. The molecule has 2 heterocycles. The zero-order valence-electron chi connectivity index (χ0n) is 10.3. The Kier molecular flexibility index (Phi) is 2.92. The molecule has 92 valence electrons. The molecule has 0 amide bonds. The molecule has 0 N–H and O–H groups in total. The lowest BCUT2D eigenvalue weighted by Crippen LogP contribution is -2.24. The molecule has 0 aliphatic carbocycles. The third-order valence-corrected chi connectivity index (χ3v) is 4.23. The van der Waals surface area contributed by atoms with Gasteiger partial charge >= 0.3 is 0 Å². The van der Waals surface area contributed by atoms with Gasteiger partial charge in [-0.05, 0) is 37.5 Å². The molecule has 1 aromatic carbocycles. The minimum Gasteiger partial charge on any atom is -0.341 e. The van der Waals surface area contributed by atoms with E-state index in [0.717, 1.165) is 29.8 Å². The lowest BCUT2D eigenvalue weighted by Gasteiger charge is -2.30. The summed E-state index contributed by atoms with van der Waals surface area (Å²) in [4.78, 5) is 13.9. The second-order valence-electron chi connectivity index (χ2n) is 4.71. The van der Waals surface area contributed by atoms with Crippen LogP contribution in [-0.4, -0.2) is 12.8 Å². The number of hydrogen-bond donors (Lipinski definition) is 0. The third kappa shape index (κ3) is 1.95. The van der Waals surface area contributed by atoms with Crippen molar-refractivity contribution >= 4 is 29.0 Å². The van der Waals surface area contributed by atoms with Crippen molar-refractivity contribution in [1.82, 2.24) is 0 Å². The molecule has 3 rings (SSSR count). The normalized spacial score (nSPS) is 14.4. The Labute approximate surface area is 111 Å². The van der Waals surface area contributed by atoms with Crippen LogP contribution in [0.1, 0.15) is 27.2 Å². The highest BCUT2D eigenvalue weighted by molar-refractivity contribution is 7.12. The van der Waals surface area contributed by atoms with Gasteiger partial charge in [0.15, 0.2) is 6.29 Å². The van der Waals surface area contributed by atoms with E-state index < -0.39 is 0 Å². The molecule has 0 saturated carbocycles. The highest BCUT2D eigenvalue weighted by Crippen LogP contribution is 2.35. The number of nitrogens with zero attached hydrogens (tertiary/aromatic N) is 1. The number of thiophene rings is 1. The Morgan fingerprint density at radius 3 is 3.00 bits per heavy atom. The molecule has 0 unspecified atom stereocenters. The second-order valence-corrected chi connectivity index (χ2v) is 5.66. The minimum absolute atomic E-state index is 0.796. The summed E-state index contributed by atoms with van der Waals surface area (Å²) < 4.78 is 0. The van der Waals surface area contributed by atoms with Crippen LogP contribution in [0.4, 0.5) is 11.4 Å². The number of hydrogen-bond acceptors (Lipinski definition) is 3. The summed E-state index contributed by atoms with van der Waals surface area (Å²) in [6, 6.07) is 8.60. The van der Waals surface area contributed by atoms with Gasteiger partial charge in [-0.3, -0.25) is 4.79 Å². The van der Waals surface area contributed by atoms with Gasteiger partial charge < -0.3 is 4.90 Å². The zero-order valence-corrected chi connectivity index (χ0v) is 11.2. The van der Waals surface area contributed by atoms with Crippen LogP contribution in [0, 0.1) is 6.92 Å². The predicted octanol–water partition coefficient (Wildman–Crippen LogP) is 3.95. The van der Waals surface area contributed by atoms with E-state index in [1.54, 1.807) is 0 Å². The molecule has 1 aliphatic rings.